The number of hydrogen-bond donors (Lipinski definition) is 1. The van der Waals surface area contributed by atoms with Crippen LogP contribution in [0.4, 0.5) is 17.5 Å². The molecule has 1 aliphatic rings. The van der Waals surface area contributed by atoms with Gasteiger partial charge in [0.15, 0.2) is 5.82 Å². The Balaban J connectivity index is 1.84. The molecule has 0 aliphatic carbocycles. The molecule has 0 radical (unpaired) electrons. The van der Waals surface area contributed by atoms with Crippen LogP contribution >= 0.6 is 0 Å². The summed E-state index contributed by atoms with van der Waals surface area (Å²) in [4.78, 5) is 6.95. The highest BCUT2D eigenvalue weighted by molar-refractivity contribution is 5.61. The molecule has 1 N–H and O–H groups in total. The van der Waals surface area contributed by atoms with E-state index in [1.807, 2.05) is 6.07 Å². The first kappa shape index (κ1) is 15.7. The Labute approximate surface area is 138 Å². The zero-order valence-corrected chi connectivity index (χ0v) is 14.2. The summed E-state index contributed by atoms with van der Waals surface area (Å²) < 4.78 is 0. The number of nitrogens with one attached hydrogen (secondary N) is 1. The van der Waals surface area contributed by atoms with E-state index in [-0.39, 0.29) is 5.41 Å². The fraction of sp³-hybridized carbons (Fsp3) is 0.500. The highest BCUT2D eigenvalue weighted by atomic mass is 15.3. The third kappa shape index (κ3) is 3.78. The average molecular weight is 311 g/mol. The molecule has 1 aliphatic heterocycles. The highest BCUT2D eigenvalue weighted by Gasteiger charge is 2.18. The molecule has 0 spiro atoms. The number of benzene rings is 1. The van der Waals surface area contributed by atoms with Gasteiger partial charge in [-0.25, -0.2) is 0 Å². The van der Waals surface area contributed by atoms with Gasteiger partial charge in [0.05, 0.1) is 6.20 Å². The predicted octanol–water partition coefficient (Wildman–Crippen LogP) is 3.90. The molecule has 23 heavy (non-hydrogen) atoms. The molecule has 0 amide bonds. The molecule has 1 fully saturated rings. The number of nitrogens with zero attached hydrogens (tertiary/aromatic N) is 4. The Morgan fingerprint density at radius 2 is 1.78 bits per heavy atom. The summed E-state index contributed by atoms with van der Waals surface area (Å²) in [5.74, 6) is 1.47. The van der Waals surface area contributed by atoms with Crippen LogP contribution in [0.15, 0.2) is 30.5 Å². The standard InChI is InChI=1S/C18H25N5/c1-18(2,3)14-9-5-6-10-15(14)20-17-21-16(13-19-22-17)23-11-7-4-8-12-23/h5-6,9-10,13H,4,7-8,11-12H2,1-3H3,(H,20,21,22). The van der Waals surface area contributed by atoms with Gasteiger partial charge in [0, 0.05) is 18.8 Å². The second kappa shape index (κ2) is 6.52. The maximum absolute atomic E-state index is 4.66. The normalized spacial score (nSPS) is 15.5. The van der Waals surface area contributed by atoms with E-state index >= 15 is 0 Å². The van der Waals surface area contributed by atoms with Crippen molar-refractivity contribution in [2.45, 2.75) is 45.4 Å². The maximum Gasteiger partial charge on any atom is 0.249 e. The van der Waals surface area contributed by atoms with Crippen molar-refractivity contribution < 1.29 is 0 Å². The third-order valence-corrected chi connectivity index (χ3v) is 4.21. The molecule has 0 saturated carbocycles. The van der Waals surface area contributed by atoms with Gasteiger partial charge in [-0.1, -0.05) is 39.0 Å². The van der Waals surface area contributed by atoms with Crippen molar-refractivity contribution in [2.75, 3.05) is 23.3 Å². The summed E-state index contributed by atoms with van der Waals surface area (Å²) >= 11 is 0. The van der Waals surface area contributed by atoms with Crippen molar-refractivity contribution in [2.24, 2.45) is 0 Å². The number of rotatable bonds is 3. The number of anilines is 3. The quantitative estimate of drug-likeness (QED) is 0.931. The van der Waals surface area contributed by atoms with Crippen molar-refractivity contribution in [3.8, 4) is 0 Å². The monoisotopic (exact) mass is 311 g/mol. The minimum Gasteiger partial charge on any atom is -0.355 e. The first-order chi connectivity index (χ1) is 11.0. The third-order valence-electron chi connectivity index (χ3n) is 4.21. The van der Waals surface area contributed by atoms with Crippen LogP contribution in [-0.4, -0.2) is 28.3 Å². The van der Waals surface area contributed by atoms with Gasteiger partial charge in [0.2, 0.25) is 5.95 Å². The van der Waals surface area contributed by atoms with Gasteiger partial charge in [-0.15, -0.1) is 5.10 Å². The lowest BCUT2D eigenvalue weighted by atomic mass is 9.86. The first-order valence-corrected chi connectivity index (χ1v) is 8.35. The molecule has 122 valence electrons. The summed E-state index contributed by atoms with van der Waals surface area (Å²) in [5.41, 5.74) is 2.34. The van der Waals surface area contributed by atoms with Crippen molar-refractivity contribution >= 4 is 17.5 Å². The molecule has 5 heteroatoms. The summed E-state index contributed by atoms with van der Waals surface area (Å²) in [6.45, 7) is 8.72. The van der Waals surface area contributed by atoms with Gasteiger partial charge in [0.1, 0.15) is 0 Å². The molecule has 2 heterocycles. The van der Waals surface area contributed by atoms with Crippen LogP contribution in [-0.2, 0) is 5.41 Å². The van der Waals surface area contributed by atoms with Crippen LogP contribution in [0.25, 0.3) is 0 Å². The summed E-state index contributed by atoms with van der Waals surface area (Å²) in [6.07, 6.45) is 5.50. The molecule has 1 aromatic heterocycles. The second-order valence-corrected chi connectivity index (χ2v) is 7.11. The zero-order valence-electron chi connectivity index (χ0n) is 14.2. The van der Waals surface area contributed by atoms with Crippen LogP contribution in [0, 0.1) is 0 Å². The Bertz CT molecular complexity index is 656. The van der Waals surface area contributed by atoms with E-state index < -0.39 is 0 Å². The molecule has 0 unspecified atom stereocenters. The molecule has 2 aromatic rings. The van der Waals surface area contributed by atoms with Gasteiger partial charge in [-0.3, -0.25) is 0 Å². The number of para-hydroxylation sites is 1. The van der Waals surface area contributed by atoms with Crippen LogP contribution in [0.2, 0.25) is 0 Å². The molecule has 1 aromatic carbocycles. The molecule has 0 atom stereocenters. The Morgan fingerprint density at radius 3 is 2.52 bits per heavy atom. The van der Waals surface area contributed by atoms with Gasteiger partial charge in [-0.2, -0.15) is 10.1 Å². The predicted molar refractivity (Wildman–Crippen MR) is 94.3 cm³/mol. The molecular weight excluding hydrogens is 286 g/mol. The van der Waals surface area contributed by atoms with Gasteiger partial charge >= 0.3 is 0 Å². The van der Waals surface area contributed by atoms with Crippen molar-refractivity contribution in [3.05, 3.63) is 36.0 Å². The lowest BCUT2D eigenvalue weighted by Gasteiger charge is -2.27. The van der Waals surface area contributed by atoms with Crippen molar-refractivity contribution in [1.82, 2.24) is 15.2 Å². The van der Waals surface area contributed by atoms with E-state index in [1.54, 1.807) is 6.20 Å². The lowest BCUT2D eigenvalue weighted by Crippen LogP contribution is -2.30. The topological polar surface area (TPSA) is 53.9 Å². The van der Waals surface area contributed by atoms with E-state index in [0.29, 0.717) is 5.95 Å². The number of hydrogen-bond acceptors (Lipinski definition) is 5. The van der Waals surface area contributed by atoms with Gasteiger partial charge < -0.3 is 10.2 Å². The Kier molecular flexibility index (Phi) is 4.46. The van der Waals surface area contributed by atoms with Crippen LogP contribution < -0.4 is 10.2 Å². The summed E-state index contributed by atoms with van der Waals surface area (Å²) in [6, 6.07) is 8.30. The molecular formula is C18H25N5. The highest BCUT2D eigenvalue weighted by Crippen LogP contribution is 2.30. The van der Waals surface area contributed by atoms with E-state index in [0.717, 1.165) is 24.6 Å². The van der Waals surface area contributed by atoms with Gasteiger partial charge in [0.25, 0.3) is 0 Å². The minimum absolute atomic E-state index is 0.0570. The average Bonchev–Trinajstić information content (AvgIpc) is 2.55. The lowest BCUT2D eigenvalue weighted by molar-refractivity contribution is 0.572. The van der Waals surface area contributed by atoms with Crippen LogP contribution in [0.3, 0.4) is 0 Å². The molecule has 5 nitrogen and oxygen atoms in total. The molecule has 0 bridgehead atoms. The maximum atomic E-state index is 4.66. The largest absolute Gasteiger partial charge is 0.355 e. The zero-order chi connectivity index (χ0) is 16.3. The SMILES string of the molecule is CC(C)(C)c1ccccc1Nc1nncc(N2CCCCC2)n1. The Morgan fingerprint density at radius 1 is 1.04 bits per heavy atom. The van der Waals surface area contributed by atoms with Gasteiger partial charge in [-0.05, 0) is 36.3 Å². The second-order valence-electron chi connectivity index (χ2n) is 7.11. The van der Waals surface area contributed by atoms with E-state index in [4.69, 9.17) is 0 Å². The Hall–Kier alpha value is -2.17. The number of piperidine rings is 1. The van der Waals surface area contributed by atoms with E-state index in [9.17, 15) is 0 Å². The summed E-state index contributed by atoms with van der Waals surface area (Å²) in [7, 11) is 0. The van der Waals surface area contributed by atoms with Crippen molar-refractivity contribution in [3.63, 3.8) is 0 Å². The fourth-order valence-electron chi connectivity index (χ4n) is 2.99. The number of aromatic nitrogens is 3. The molecule has 1 saturated heterocycles. The summed E-state index contributed by atoms with van der Waals surface area (Å²) in [5, 5.41) is 11.6. The van der Waals surface area contributed by atoms with E-state index in [2.05, 4.69) is 64.4 Å². The van der Waals surface area contributed by atoms with Crippen molar-refractivity contribution in [1.29, 1.82) is 0 Å². The van der Waals surface area contributed by atoms with Crippen LogP contribution in [0.1, 0.15) is 45.6 Å². The van der Waals surface area contributed by atoms with E-state index in [1.165, 1.54) is 24.8 Å². The smallest absolute Gasteiger partial charge is 0.249 e. The first-order valence-electron chi connectivity index (χ1n) is 8.35. The fourth-order valence-corrected chi connectivity index (χ4v) is 2.99. The minimum atomic E-state index is 0.0570. The van der Waals surface area contributed by atoms with Crippen LogP contribution in [0.5, 0.6) is 0 Å². The molecule has 3 rings (SSSR count).